The van der Waals surface area contributed by atoms with Gasteiger partial charge in [-0.25, -0.2) is 0 Å². The first-order valence-electron chi connectivity index (χ1n) is 16.6. The van der Waals surface area contributed by atoms with Crippen LogP contribution in [0.5, 0.6) is 34.5 Å². The third kappa shape index (κ3) is 7.87. The summed E-state index contributed by atoms with van der Waals surface area (Å²) in [7, 11) is 1.39. The number of rotatable bonds is 13. The Kier molecular flexibility index (Phi) is 10.1. The van der Waals surface area contributed by atoms with Crippen LogP contribution in [0.2, 0.25) is 0 Å². The Morgan fingerprint density at radius 2 is 1.80 bits per heavy atom. The van der Waals surface area contributed by atoms with E-state index in [0.717, 1.165) is 51.8 Å². The van der Waals surface area contributed by atoms with Gasteiger partial charge in [0, 0.05) is 30.1 Å². The zero-order chi connectivity index (χ0) is 34.5. The molecule has 49 heavy (non-hydrogen) atoms. The number of phenolic OH excluding ortho intramolecular Hbond substituents is 4. The van der Waals surface area contributed by atoms with E-state index >= 15 is 0 Å². The molecule has 2 aliphatic heterocycles. The Bertz CT molecular complexity index is 1920. The van der Waals surface area contributed by atoms with Crippen LogP contribution in [0.1, 0.15) is 42.4 Å². The second kappa shape index (κ2) is 14.8. The summed E-state index contributed by atoms with van der Waals surface area (Å²) in [6.07, 6.45) is 6.23. The van der Waals surface area contributed by atoms with Crippen molar-refractivity contribution in [3.63, 3.8) is 0 Å². The molecule has 2 heterocycles. The minimum atomic E-state index is -0.943. The fourth-order valence-corrected chi connectivity index (χ4v) is 6.65. The molecular weight excluding hydrogens is 624 g/mol. The molecule has 6 rings (SSSR count). The van der Waals surface area contributed by atoms with Gasteiger partial charge in [-0.05, 0) is 115 Å². The van der Waals surface area contributed by atoms with Crippen LogP contribution in [0, 0.1) is 5.92 Å². The van der Waals surface area contributed by atoms with E-state index in [4.69, 9.17) is 9.47 Å². The number of aliphatic hydroxyl groups excluding tert-OH is 1. The highest BCUT2D eigenvalue weighted by molar-refractivity contribution is 5.87. The number of ketones is 1. The van der Waals surface area contributed by atoms with E-state index in [1.807, 2.05) is 42.5 Å². The molecular formula is C39H42N2O8. The number of ether oxygens (including phenoxy) is 2. The van der Waals surface area contributed by atoms with Gasteiger partial charge in [-0.2, -0.15) is 0 Å². The standard InChI is InChI=1S/C39H42N2O8/c1-48-36-19-23(18-35(46)38(36)47)4-11-32(43)31(33(44)12-7-25-8-13-34(45)39-30(25)3-2-16-49-39)17-24-14-15-40-37(20-24)41-28-9-5-27-22-29(42)10-6-26(27)21-28/h5-6,8-10,13-14,18-22,31,33,40-42,44-47H,2-4,7,11-12,15-17H2,1H3/t31-,33+/m0/s1. The van der Waals surface area contributed by atoms with Crippen molar-refractivity contribution >= 4 is 22.2 Å². The van der Waals surface area contributed by atoms with E-state index in [-0.39, 0.29) is 47.4 Å². The number of carbonyl (C=O) groups excluding carboxylic acids is 1. The number of anilines is 1. The Balaban J connectivity index is 1.19. The second-order valence-corrected chi connectivity index (χ2v) is 12.6. The van der Waals surface area contributed by atoms with Crippen LogP contribution < -0.4 is 20.1 Å². The maximum Gasteiger partial charge on any atom is 0.200 e. The number of benzene rings is 4. The van der Waals surface area contributed by atoms with Gasteiger partial charge in [0.2, 0.25) is 5.75 Å². The van der Waals surface area contributed by atoms with Crippen molar-refractivity contribution < 1.29 is 39.8 Å². The van der Waals surface area contributed by atoms with Crippen molar-refractivity contribution in [1.29, 1.82) is 0 Å². The molecule has 0 saturated carbocycles. The molecule has 0 aromatic heterocycles. The lowest BCUT2D eigenvalue weighted by Gasteiger charge is -2.26. The first kappa shape index (κ1) is 33.5. The molecule has 0 saturated heterocycles. The van der Waals surface area contributed by atoms with Crippen LogP contribution >= 0.6 is 0 Å². The topological polar surface area (TPSA) is 161 Å². The molecule has 0 spiro atoms. The highest BCUT2D eigenvalue weighted by Gasteiger charge is 2.29. The summed E-state index contributed by atoms with van der Waals surface area (Å²) >= 11 is 0. The normalized spacial score (nSPS) is 15.2. The largest absolute Gasteiger partial charge is 0.508 e. The van der Waals surface area contributed by atoms with E-state index in [9.17, 15) is 30.3 Å². The van der Waals surface area contributed by atoms with Gasteiger partial charge in [0.05, 0.1) is 19.8 Å². The van der Waals surface area contributed by atoms with Crippen LogP contribution in [-0.4, -0.2) is 57.7 Å². The molecule has 2 atom stereocenters. The summed E-state index contributed by atoms with van der Waals surface area (Å²) in [5.41, 5.74) is 4.33. The molecule has 7 N–H and O–H groups in total. The molecule has 0 amide bonds. The summed E-state index contributed by atoms with van der Waals surface area (Å²) in [6.45, 7) is 1.09. The van der Waals surface area contributed by atoms with Gasteiger partial charge in [-0.3, -0.25) is 4.79 Å². The number of fused-ring (bicyclic) bond motifs is 2. The average molecular weight is 667 g/mol. The number of aryl methyl sites for hydroxylation is 2. The Morgan fingerprint density at radius 1 is 0.980 bits per heavy atom. The number of phenols is 4. The minimum Gasteiger partial charge on any atom is -0.508 e. The minimum absolute atomic E-state index is 0.112. The molecule has 10 heteroatoms. The fourth-order valence-electron chi connectivity index (χ4n) is 6.65. The highest BCUT2D eigenvalue weighted by Crippen LogP contribution is 2.38. The zero-order valence-electron chi connectivity index (χ0n) is 27.4. The lowest BCUT2D eigenvalue weighted by molar-refractivity contribution is -0.126. The van der Waals surface area contributed by atoms with Crippen molar-refractivity contribution in [3.8, 4) is 34.5 Å². The molecule has 0 bridgehead atoms. The van der Waals surface area contributed by atoms with Crippen LogP contribution in [0.4, 0.5) is 5.69 Å². The number of aliphatic hydroxyl groups is 1. The highest BCUT2D eigenvalue weighted by atomic mass is 16.5. The van der Waals surface area contributed by atoms with E-state index in [2.05, 4.69) is 10.6 Å². The van der Waals surface area contributed by atoms with Gasteiger partial charge in [-0.1, -0.05) is 24.3 Å². The number of aromatic hydroxyl groups is 4. The van der Waals surface area contributed by atoms with E-state index in [1.165, 1.54) is 13.2 Å². The van der Waals surface area contributed by atoms with Crippen molar-refractivity contribution in [3.05, 3.63) is 101 Å². The van der Waals surface area contributed by atoms with Gasteiger partial charge in [-0.15, -0.1) is 0 Å². The maximum absolute atomic E-state index is 13.9. The SMILES string of the molecule is COc1cc(CCC(=O)[C@H](CC2=CCNC(Nc3ccc4cc(O)ccc4c3)=C2)[C@H](O)CCc2ccc(O)c3c2CCCO3)cc(O)c1O. The average Bonchev–Trinajstić information content (AvgIpc) is 3.11. The molecule has 0 unspecified atom stereocenters. The molecule has 4 aromatic carbocycles. The molecule has 256 valence electrons. The molecule has 0 radical (unpaired) electrons. The van der Waals surface area contributed by atoms with E-state index < -0.39 is 12.0 Å². The number of hydrogen-bond acceptors (Lipinski definition) is 10. The summed E-state index contributed by atoms with van der Waals surface area (Å²) in [5, 5.41) is 60.5. The number of carbonyl (C=O) groups is 1. The van der Waals surface area contributed by atoms with Crippen molar-refractivity contribution in [2.75, 3.05) is 25.6 Å². The third-order valence-electron chi connectivity index (χ3n) is 9.28. The summed E-state index contributed by atoms with van der Waals surface area (Å²) < 4.78 is 10.9. The van der Waals surface area contributed by atoms with E-state index in [1.54, 1.807) is 24.3 Å². The van der Waals surface area contributed by atoms with Crippen molar-refractivity contribution in [2.24, 2.45) is 5.92 Å². The zero-order valence-corrected chi connectivity index (χ0v) is 27.4. The number of methoxy groups -OCH3 is 1. The van der Waals surface area contributed by atoms with Crippen LogP contribution in [-0.2, 0) is 24.1 Å². The number of Topliss-reactive ketones (excluding diaryl/α,β-unsaturated/α-hetero) is 1. The molecule has 0 aliphatic carbocycles. The van der Waals surface area contributed by atoms with Crippen LogP contribution in [0.3, 0.4) is 0 Å². The quantitative estimate of drug-likeness (QED) is 0.0846. The lowest BCUT2D eigenvalue weighted by Crippen LogP contribution is -2.31. The van der Waals surface area contributed by atoms with Crippen molar-refractivity contribution in [2.45, 2.75) is 51.0 Å². The van der Waals surface area contributed by atoms with Gasteiger partial charge >= 0.3 is 0 Å². The monoisotopic (exact) mass is 666 g/mol. The summed E-state index contributed by atoms with van der Waals surface area (Å²) in [6, 6.07) is 17.6. The van der Waals surface area contributed by atoms with E-state index in [0.29, 0.717) is 43.7 Å². The number of allylic oxidation sites excluding steroid dienone is 2. The summed E-state index contributed by atoms with van der Waals surface area (Å²) in [5.74, 6) is 0.215. The Labute approximate surface area is 284 Å². The van der Waals surface area contributed by atoms with Gasteiger partial charge in [0.1, 0.15) is 17.4 Å². The van der Waals surface area contributed by atoms with Crippen molar-refractivity contribution in [1.82, 2.24) is 5.32 Å². The Morgan fingerprint density at radius 3 is 2.63 bits per heavy atom. The summed E-state index contributed by atoms with van der Waals surface area (Å²) in [4.78, 5) is 13.9. The van der Waals surface area contributed by atoms with Gasteiger partial charge in [0.25, 0.3) is 0 Å². The first-order chi connectivity index (χ1) is 23.7. The van der Waals surface area contributed by atoms with Crippen LogP contribution in [0.15, 0.2) is 84.2 Å². The molecule has 10 nitrogen and oxygen atoms in total. The molecule has 4 aromatic rings. The number of nitrogens with one attached hydrogen (secondary N) is 2. The third-order valence-corrected chi connectivity index (χ3v) is 9.28. The fraction of sp³-hybridized carbons (Fsp3) is 0.308. The smallest absolute Gasteiger partial charge is 0.200 e. The molecule has 0 fully saturated rings. The Hall–Kier alpha value is -5.35. The van der Waals surface area contributed by atoms with Gasteiger partial charge in [0.15, 0.2) is 23.0 Å². The lowest BCUT2D eigenvalue weighted by atomic mass is 9.84. The molecule has 2 aliphatic rings. The number of dihydropyridines is 1. The second-order valence-electron chi connectivity index (χ2n) is 12.6. The van der Waals surface area contributed by atoms with Crippen LogP contribution in [0.25, 0.3) is 10.8 Å². The predicted octanol–water partition coefficient (Wildman–Crippen LogP) is 5.98. The predicted molar refractivity (Wildman–Crippen MR) is 187 cm³/mol. The first-order valence-corrected chi connectivity index (χ1v) is 16.6. The van der Waals surface area contributed by atoms with Gasteiger partial charge < -0.3 is 45.6 Å². The number of hydrogen-bond donors (Lipinski definition) is 7. The maximum atomic E-state index is 13.9.